The zero-order chi connectivity index (χ0) is 11.3. The maximum absolute atomic E-state index is 10.1. The maximum Gasteiger partial charge on any atom is 0.331 e. The fourth-order valence-electron chi connectivity index (χ4n) is 0.606. The lowest BCUT2D eigenvalue weighted by molar-refractivity contribution is -0.133. The van der Waals surface area contributed by atoms with Crippen molar-refractivity contribution in [3.05, 3.63) is 24.3 Å². The summed E-state index contributed by atoms with van der Waals surface area (Å²) in [5.41, 5.74) is 0.556. The third kappa shape index (κ3) is 5.13. The van der Waals surface area contributed by atoms with Crippen LogP contribution in [0.1, 0.15) is 19.8 Å². The van der Waals surface area contributed by atoms with Gasteiger partial charge < -0.3 is 10.2 Å². The third-order valence-electron chi connectivity index (χ3n) is 1.71. The predicted molar refractivity (Wildman–Crippen MR) is 51.9 cm³/mol. The normalized spacial score (nSPS) is 13.5. The van der Waals surface area contributed by atoms with Crippen molar-refractivity contribution in [2.45, 2.75) is 19.8 Å². The first-order valence-corrected chi connectivity index (χ1v) is 4.17. The highest BCUT2D eigenvalue weighted by molar-refractivity contribution is 5.86. The van der Waals surface area contributed by atoms with Gasteiger partial charge in [-0.3, -0.25) is 0 Å². The fraction of sp³-hybridized carbons (Fsp3) is 0.400. The van der Waals surface area contributed by atoms with Crippen LogP contribution < -0.4 is 0 Å². The van der Waals surface area contributed by atoms with Gasteiger partial charge in [-0.1, -0.05) is 13.2 Å². The summed E-state index contributed by atoms with van der Waals surface area (Å²) in [6, 6.07) is 0. The number of carboxylic acids is 2. The second kappa shape index (κ2) is 5.21. The molecule has 0 atom stereocenters. The Morgan fingerprint density at radius 2 is 1.50 bits per heavy atom. The Bertz CT molecular complexity index is 262. The molecule has 1 saturated carbocycles. The molecule has 0 amide bonds. The summed E-state index contributed by atoms with van der Waals surface area (Å²) in [5, 5.41) is 16.2. The molecular formula is C10H14O4. The van der Waals surface area contributed by atoms with Crippen LogP contribution in [-0.4, -0.2) is 22.2 Å². The van der Waals surface area contributed by atoms with Crippen LogP contribution in [0.25, 0.3) is 0 Å². The van der Waals surface area contributed by atoms with Gasteiger partial charge in [-0.15, -0.1) is 0 Å². The van der Waals surface area contributed by atoms with Crippen LogP contribution in [-0.2, 0) is 9.59 Å². The van der Waals surface area contributed by atoms with Gasteiger partial charge in [-0.2, -0.15) is 0 Å². The number of hydrogen-bond donors (Lipinski definition) is 2. The Kier molecular flexibility index (Phi) is 4.63. The molecule has 0 bridgehead atoms. The molecule has 1 rings (SSSR count). The Morgan fingerprint density at radius 1 is 1.14 bits per heavy atom. The Hall–Kier alpha value is -1.58. The van der Waals surface area contributed by atoms with Gasteiger partial charge in [0.25, 0.3) is 0 Å². The molecule has 1 aliphatic rings. The van der Waals surface area contributed by atoms with E-state index < -0.39 is 11.9 Å². The minimum absolute atomic E-state index is 0.176. The van der Waals surface area contributed by atoms with Crippen molar-refractivity contribution in [2.75, 3.05) is 0 Å². The van der Waals surface area contributed by atoms with E-state index in [4.69, 9.17) is 10.2 Å². The Morgan fingerprint density at radius 3 is 1.57 bits per heavy atom. The molecule has 78 valence electrons. The van der Waals surface area contributed by atoms with Crippen molar-refractivity contribution in [2.24, 2.45) is 5.92 Å². The summed E-state index contributed by atoms with van der Waals surface area (Å²) < 4.78 is 0. The quantitative estimate of drug-likeness (QED) is 0.676. The van der Waals surface area contributed by atoms with E-state index in [-0.39, 0.29) is 5.57 Å². The molecule has 0 unspecified atom stereocenters. The average molecular weight is 198 g/mol. The summed E-state index contributed by atoms with van der Waals surface area (Å²) in [6.07, 6.45) is 2.04. The maximum atomic E-state index is 10.1. The van der Waals surface area contributed by atoms with Gasteiger partial charge in [0.2, 0.25) is 0 Å². The number of carboxylic acid groups (broad SMARTS) is 2. The van der Waals surface area contributed by atoms with E-state index in [9.17, 15) is 9.59 Å². The van der Waals surface area contributed by atoms with Crippen LogP contribution in [0.5, 0.6) is 0 Å². The molecule has 0 aliphatic heterocycles. The molecule has 0 aromatic heterocycles. The Balaban J connectivity index is 0.000000255. The van der Waals surface area contributed by atoms with Crippen molar-refractivity contribution in [1.82, 2.24) is 0 Å². The van der Waals surface area contributed by atoms with Gasteiger partial charge in [0, 0.05) is 11.1 Å². The summed E-state index contributed by atoms with van der Waals surface area (Å²) >= 11 is 0. The molecule has 0 heterocycles. The molecule has 1 fully saturated rings. The minimum atomic E-state index is -0.935. The predicted octanol–water partition coefficient (Wildman–Crippen LogP) is 1.68. The van der Waals surface area contributed by atoms with E-state index in [0.29, 0.717) is 11.5 Å². The summed E-state index contributed by atoms with van der Waals surface area (Å²) in [5.74, 6) is -1.48. The zero-order valence-electron chi connectivity index (χ0n) is 8.12. The van der Waals surface area contributed by atoms with Gasteiger partial charge in [0.05, 0.1) is 0 Å². The Labute approximate surface area is 82.6 Å². The van der Waals surface area contributed by atoms with Crippen molar-refractivity contribution in [1.29, 1.82) is 0 Å². The average Bonchev–Trinajstić information content (AvgIpc) is 2.86. The van der Waals surface area contributed by atoms with Crippen molar-refractivity contribution < 1.29 is 19.8 Å². The van der Waals surface area contributed by atoms with Crippen molar-refractivity contribution in [3.8, 4) is 0 Å². The molecule has 0 saturated heterocycles. The van der Waals surface area contributed by atoms with Gasteiger partial charge in [-0.25, -0.2) is 9.59 Å². The first-order valence-electron chi connectivity index (χ1n) is 4.17. The molecule has 0 aromatic carbocycles. The summed E-state index contributed by atoms with van der Waals surface area (Å²) in [6.45, 7) is 8.02. The van der Waals surface area contributed by atoms with Crippen LogP contribution in [0.4, 0.5) is 0 Å². The van der Waals surface area contributed by atoms with Gasteiger partial charge in [0.15, 0.2) is 0 Å². The lowest BCUT2D eigenvalue weighted by Crippen LogP contribution is -1.99. The van der Waals surface area contributed by atoms with E-state index in [1.165, 1.54) is 6.92 Å². The zero-order valence-corrected chi connectivity index (χ0v) is 8.12. The van der Waals surface area contributed by atoms with Crippen molar-refractivity contribution in [3.63, 3.8) is 0 Å². The van der Waals surface area contributed by atoms with Crippen LogP contribution in [0, 0.1) is 5.92 Å². The molecular weight excluding hydrogens is 184 g/mol. The molecule has 0 spiro atoms. The van der Waals surface area contributed by atoms with Crippen LogP contribution >= 0.6 is 0 Å². The van der Waals surface area contributed by atoms with E-state index in [1.807, 2.05) is 0 Å². The molecule has 2 N–H and O–H groups in total. The van der Waals surface area contributed by atoms with Crippen LogP contribution in [0.3, 0.4) is 0 Å². The van der Waals surface area contributed by atoms with E-state index >= 15 is 0 Å². The van der Waals surface area contributed by atoms with Crippen molar-refractivity contribution >= 4 is 11.9 Å². The number of rotatable bonds is 3. The van der Waals surface area contributed by atoms with Gasteiger partial charge in [0.1, 0.15) is 0 Å². The highest BCUT2D eigenvalue weighted by Gasteiger charge is 2.28. The second-order valence-electron chi connectivity index (χ2n) is 3.19. The first-order chi connectivity index (χ1) is 6.36. The number of carbonyl (C=O) groups is 2. The first kappa shape index (κ1) is 12.4. The summed E-state index contributed by atoms with van der Waals surface area (Å²) in [4.78, 5) is 19.7. The standard InChI is InChI=1S/C6H8O2.C4H6O2/c1-4(6(7)8)5-2-3-5;1-3(2)4(5)6/h5H,1-3H2,(H,7,8);1H2,2H3,(H,5,6). The minimum Gasteiger partial charge on any atom is -0.478 e. The number of aliphatic carboxylic acids is 2. The molecule has 14 heavy (non-hydrogen) atoms. The molecule has 0 radical (unpaired) electrons. The SMILES string of the molecule is C=C(C(=O)O)C1CC1.C=C(C)C(=O)O. The second-order valence-corrected chi connectivity index (χ2v) is 3.19. The lowest BCUT2D eigenvalue weighted by Gasteiger charge is -1.90. The highest BCUT2D eigenvalue weighted by Crippen LogP contribution is 2.35. The van der Waals surface area contributed by atoms with E-state index in [2.05, 4.69) is 13.2 Å². The molecule has 4 heteroatoms. The smallest absolute Gasteiger partial charge is 0.331 e. The topological polar surface area (TPSA) is 74.6 Å². The van der Waals surface area contributed by atoms with Gasteiger partial charge >= 0.3 is 11.9 Å². The van der Waals surface area contributed by atoms with E-state index in [0.717, 1.165) is 12.8 Å². The number of hydrogen-bond acceptors (Lipinski definition) is 2. The monoisotopic (exact) mass is 198 g/mol. The van der Waals surface area contributed by atoms with Crippen LogP contribution in [0.15, 0.2) is 24.3 Å². The summed E-state index contributed by atoms with van der Waals surface area (Å²) in [7, 11) is 0. The third-order valence-corrected chi connectivity index (χ3v) is 1.71. The van der Waals surface area contributed by atoms with Crippen LogP contribution in [0.2, 0.25) is 0 Å². The van der Waals surface area contributed by atoms with Gasteiger partial charge in [-0.05, 0) is 25.7 Å². The highest BCUT2D eigenvalue weighted by atomic mass is 16.4. The molecule has 1 aliphatic carbocycles. The molecule has 4 nitrogen and oxygen atoms in total. The fourth-order valence-corrected chi connectivity index (χ4v) is 0.606. The molecule has 0 aromatic rings. The largest absolute Gasteiger partial charge is 0.478 e. The van der Waals surface area contributed by atoms with E-state index in [1.54, 1.807) is 0 Å². The lowest BCUT2D eigenvalue weighted by atomic mass is 10.2.